The molecule has 1 aromatic carbocycles. The van der Waals surface area contributed by atoms with Crippen molar-refractivity contribution in [1.82, 2.24) is 14.1 Å². The summed E-state index contributed by atoms with van der Waals surface area (Å²) in [6.07, 6.45) is 2.58. The minimum Gasteiger partial charge on any atom is -0.490 e. The van der Waals surface area contributed by atoms with Gasteiger partial charge in [-0.15, -0.1) is 21.2 Å². The molecule has 2 aliphatic rings. The van der Waals surface area contributed by atoms with Gasteiger partial charge in [0.05, 0.1) is 11.7 Å². The molecule has 9 heteroatoms. The molecule has 1 saturated carbocycles. The van der Waals surface area contributed by atoms with Gasteiger partial charge in [-0.3, -0.25) is 0 Å². The van der Waals surface area contributed by atoms with Gasteiger partial charge >= 0.3 is 0 Å². The van der Waals surface area contributed by atoms with Crippen LogP contribution in [0, 0.1) is 5.92 Å². The zero-order chi connectivity index (χ0) is 16.4. The van der Waals surface area contributed by atoms with Crippen molar-refractivity contribution in [2.75, 3.05) is 19.8 Å². The van der Waals surface area contributed by atoms with Crippen LogP contribution < -0.4 is 19.5 Å². The lowest BCUT2D eigenvalue weighted by Gasteiger charge is -2.16. The van der Waals surface area contributed by atoms with Crippen LogP contribution in [0.5, 0.6) is 17.5 Å². The van der Waals surface area contributed by atoms with Crippen LogP contribution in [0.1, 0.15) is 12.8 Å². The van der Waals surface area contributed by atoms with Crippen molar-refractivity contribution in [3.63, 3.8) is 0 Å². The summed E-state index contributed by atoms with van der Waals surface area (Å²) >= 11 is 4.51. The quantitative estimate of drug-likeness (QED) is 0.656. The van der Waals surface area contributed by atoms with Crippen molar-refractivity contribution in [3.05, 3.63) is 28.7 Å². The lowest BCUT2D eigenvalue weighted by atomic mass is 10.1. The molecule has 3 unspecified atom stereocenters. The van der Waals surface area contributed by atoms with Crippen molar-refractivity contribution in [3.8, 4) is 17.5 Å². The van der Waals surface area contributed by atoms with Gasteiger partial charge in [0.25, 0.3) is 11.8 Å². The van der Waals surface area contributed by atoms with E-state index in [1.54, 1.807) is 0 Å². The van der Waals surface area contributed by atoms with E-state index in [1.807, 2.05) is 24.3 Å². The average molecular weight is 449 g/mol. The Morgan fingerprint density at radius 1 is 1.08 bits per heavy atom. The Morgan fingerprint density at radius 2 is 1.84 bits per heavy atom. The maximum atomic E-state index is 6.07. The predicted molar refractivity (Wildman–Crippen MR) is 101 cm³/mol. The molecule has 1 saturated heterocycles. The SMILES string of the molecule is Brc1ccc(OCCOc2nsnc2OC2C3CCC2NC3)cc1.Cl. The Bertz CT molecular complexity index is 668. The first-order valence-electron chi connectivity index (χ1n) is 8.03. The third-order valence-corrected chi connectivity index (χ3v) is 5.46. The van der Waals surface area contributed by atoms with Crippen LogP contribution in [0.25, 0.3) is 0 Å². The second-order valence-corrected chi connectivity index (χ2v) is 7.40. The molecule has 1 N–H and O–H groups in total. The number of nitrogens with one attached hydrogen (secondary N) is 1. The fourth-order valence-corrected chi connectivity index (χ4v) is 3.96. The molecule has 2 heterocycles. The van der Waals surface area contributed by atoms with Gasteiger partial charge in [-0.05, 0) is 37.1 Å². The van der Waals surface area contributed by atoms with E-state index in [9.17, 15) is 0 Å². The highest BCUT2D eigenvalue weighted by Gasteiger charge is 2.44. The maximum Gasteiger partial charge on any atom is 0.291 e. The number of hydrogen-bond acceptors (Lipinski definition) is 7. The molecule has 1 aromatic heterocycles. The van der Waals surface area contributed by atoms with E-state index in [2.05, 4.69) is 30.0 Å². The van der Waals surface area contributed by atoms with Crippen molar-refractivity contribution < 1.29 is 14.2 Å². The van der Waals surface area contributed by atoms with Crippen molar-refractivity contribution >= 4 is 40.1 Å². The first kappa shape index (κ1) is 18.7. The number of piperidine rings is 1. The van der Waals surface area contributed by atoms with Crippen LogP contribution in [0.4, 0.5) is 0 Å². The Hall–Kier alpha value is -1.09. The summed E-state index contributed by atoms with van der Waals surface area (Å²) < 4.78 is 26.8. The Labute approximate surface area is 165 Å². The Balaban J connectivity index is 0.00000182. The normalized spacial score (nSPS) is 24.0. The molecule has 0 radical (unpaired) electrons. The van der Waals surface area contributed by atoms with E-state index < -0.39 is 0 Å². The zero-order valence-corrected chi connectivity index (χ0v) is 16.6. The number of fused-ring (bicyclic) bond motifs is 2. The van der Waals surface area contributed by atoms with E-state index in [1.165, 1.54) is 12.8 Å². The maximum absolute atomic E-state index is 6.07. The van der Waals surface area contributed by atoms with Crippen molar-refractivity contribution in [1.29, 1.82) is 0 Å². The molecule has 0 amide bonds. The molecule has 1 aliphatic carbocycles. The van der Waals surface area contributed by atoms with Crippen LogP contribution in [0.3, 0.4) is 0 Å². The van der Waals surface area contributed by atoms with Gasteiger partial charge in [-0.2, -0.15) is 0 Å². The molecular formula is C16H19BrClN3O3S. The van der Waals surface area contributed by atoms with E-state index in [4.69, 9.17) is 14.2 Å². The number of aromatic nitrogens is 2. The lowest BCUT2D eigenvalue weighted by molar-refractivity contribution is 0.153. The number of benzene rings is 1. The number of ether oxygens (including phenoxy) is 3. The molecule has 2 bridgehead atoms. The summed E-state index contributed by atoms with van der Waals surface area (Å²) in [4.78, 5) is 0. The van der Waals surface area contributed by atoms with Gasteiger partial charge in [0.2, 0.25) is 0 Å². The molecule has 136 valence electrons. The topological polar surface area (TPSA) is 65.5 Å². The smallest absolute Gasteiger partial charge is 0.291 e. The van der Waals surface area contributed by atoms with Crippen molar-refractivity contribution in [2.24, 2.45) is 5.92 Å². The molecule has 3 atom stereocenters. The molecule has 25 heavy (non-hydrogen) atoms. The van der Waals surface area contributed by atoms with E-state index >= 15 is 0 Å². The third-order valence-electron chi connectivity index (χ3n) is 4.43. The largest absolute Gasteiger partial charge is 0.490 e. The van der Waals surface area contributed by atoms with Crippen molar-refractivity contribution in [2.45, 2.75) is 25.0 Å². The fraction of sp³-hybridized carbons (Fsp3) is 0.500. The van der Waals surface area contributed by atoms with Gasteiger partial charge in [-0.1, -0.05) is 15.9 Å². The molecule has 6 nitrogen and oxygen atoms in total. The van der Waals surface area contributed by atoms with E-state index in [-0.39, 0.29) is 18.5 Å². The third kappa shape index (κ3) is 4.36. The van der Waals surface area contributed by atoms with Crippen LogP contribution >= 0.6 is 40.1 Å². The van der Waals surface area contributed by atoms with Gasteiger partial charge in [0.15, 0.2) is 0 Å². The monoisotopic (exact) mass is 447 g/mol. The predicted octanol–water partition coefficient (Wildman–Crippen LogP) is 3.31. The summed E-state index contributed by atoms with van der Waals surface area (Å²) in [7, 11) is 0. The summed E-state index contributed by atoms with van der Waals surface area (Å²) in [5.74, 6) is 2.36. The fourth-order valence-electron chi connectivity index (χ4n) is 3.26. The number of hydrogen-bond donors (Lipinski definition) is 1. The lowest BCUT2D eigenvalue weighted by Crippen LogP contribution is -2.31. The second-order valence-electron chi connectivity index (χ2n) is 5.96. The zero-order valence-electron chi connectivity index (χ0n) is 13.4. The molecule has 1 aliphatic heterocycles. The average Bonchev–Trinajstić information content (AvgIpc) is 3.31. The molecule has 0 spiro atoms. The Kier molecular flexibility index (Phi) is 6.38. The minimum absolute atomic E-state index is 0. The van der Waals surface area contributed by atoms with Crippen LogP contribution in [-0.4, -0.2) is 40.7 Å². The molecule has 4 rings (SSSR count). The van der Waals surface area contributed by atoms with Crippen LogP contribution in [0.15, 0.2) is 28.7 Å². The number of halogens is 2. The summed E-state index contributed by atoms with van der Waals surface area (Å²) in [5, 5.41) is 3.48. The number of nitrogens with zero attached hydrogens (tertiary/aromatic N) is 2. The Morgan fingerprint density at radius 3 is 2.52 bits per heavy atom. The highest BCUT2D eigenvalue weighted by atomic mass is 79.9. The minimum atomic E-state index is 0. The van der Waals surface area contributed by atoms with E-state index in [0.29, 0.717) is 36.9 Å². The molecule has 2 aromatic rings. The van der Waals surface area contributed by atoms with Gasteiger partial charge in [0, 0.05) is 23.0 Å². The highest BCUT2D eigenvalue weighted by Crippen LogP contribution is 2.36. The summed E-state index contributed by atoms with van der Waals surface area (Å²) in [5.41, 5.74) is 0. The first-order valence-corrected chi connectivity index (χ1v) is 9.56. The van der Waals surface area contributed by atoms with Gasteiger partial charge in [-0.25, -0.2) is 0 Å². The second kappa shape index (κ2) is 8.53. The van der Waals surface area contributed by atoms with E-state index in [0.717, 1.165) is 28.5 Å². The number of rotatable bonds is 7. The van der Waals surface area contributed by atoms with Gasteiger partial charge < -0.3 is 19.5 Å². The first-order chi connectivity index (χ1) is 11.8. The molecule has 2 fully saturated rings. The highest BCUT2D eigenvalue weighted by molar-refractivity contribution is 9.10. The van der Waals surface area contributed by atoms with Crippen LogP contribution in [-0.2, 0) is 0 Å². The standard InChI is InChI=1S/C16H18BrN3O3S.ClH/c17-11-2-4-12(5-3-11)21-7-8-22-15-16(20-24-19-15)23-14-10-1-6-13(14)18-9-10;/h2-5,10,13-14,18H,1,6-9H2;1H. The van der Waals surface area contributed by atoms with Crippen LogP contribution in [0.2, 0.25) is 0 Å². The van der Waals surface area contributed by atoms with Gasteiger partial charge in [0.1, 0.15) is 25.1 Å². The molecular weight excluding hydrogens is 430 g/mol. The summed E-state index contributed by atoms with van der Waals surface area (Å²) in [6, 6.07) is 8.13. The summed E-state index contributed by atoms with van der Waals surface area (Å²) in [6.45, 7) is 1.87.